The van der Waals surface area contributed by atoms with Crippen LogP contribution in [0.1, 0.15) is 45.7 Å². The van der Waals surface area contributed by atoms with E-state index < -0.39 is 14.2 Å². The van der Waals surface area contributed by atoms with Gasteiger partial charge in [-0.25, -0.2) is 0 Å². The molecule has 0 radical (unpaired) electrons. The first kappa shape index (κ1) is 28.2. The monoisotopic (exact) mass is 604 g/mol. The quantitative estimate of drug-likeness (QED) is 0.121. The fraction of sp³-hybridized carbons (Fsp3) is 0.0667. The smallest absolute Gasteiger partial charge is 0.0804 e. The highest BCUT2D eigenvalue weighted by Gasteiger charge is 2.44. The summed E-state index contributed by atoms with van der Waals surface area (Å²) in [5.74, 6) is 0.145. The first-order valence-electron chi connectivity index (χ1n) is 16.3. The third-order valence-corrected chi connectivity index (χ3v) is 13.1. The third kappa shape index (κ3) is 4.76. The lowest BCUT2D eigenvalue weighted by Gasteiger charge is -2.41. The molecule has 0 saturated carbocycles. The number of rotatable bonds is 8. The fourth-order valence-corrected chi connectivity index (χ4v) is 11.2. The van der Waals surface area contributed by atoms with Gasteiger partial charge in [-0.3, -0.25) is 0 Å². The summed E-state index contributed by atoms with van der Waals surface area (Å²) >= 11 is 0. The lowest BCUT2D eigenvalue weighted by atomic mass is 9.62. The number of hydrogen-bond acceptors (Lipinski definition) is 0. The molecular weight excluding hydrogens is 569 g/mol. The Morgan fingerprint density at radius 3 is 1.70 bits per heavy atom. The van der Waals surface area contributed by atoms with Crippen molar-refractivity contribution in [2.24, 2.45) is 0 Å². The molecule has 0 N–H and O–H groups in total. The SMILES string of the molecule is C1=CCC(C(c2ccccc2)(c2ccccc2)c2cccc([SiH](c3ccccc3)c3ccccc3)c2C2C=Cc3ccccc32)=C1. The molecule has 2 aliphatic carbocycles. The highest BCUT2D eigenvalue weighted by Crippen LogP contribution is 2.51. The molecular formula is C45H36Si. The van der Waals surface area contributed by atoms with Crippen molar-refractivity contribution >= 4 is 30.4 Å². The molecule has 0 saturated heterocycles. The van der Waals surface area contributed by atoms with Crippen LogP contribution in [0.2, 0.25) is 0 Å². The molecule has 220 valence electrons. The molecule has 0 fully saturated rings. The molecule has 0 amide bonds. The van der Waals surface area contributed by atoms with Crippen LogP contribution in [-0.2, 0) is 5.41 Å². The predicted molar refractivity (Wildman–Crippen MR) is 197 cm³/mol. The summed E-state index contributed by atoms with van der Waals surface area (Å²) < 4.78 is 0. The molecule has 0 heterocycles. The largest absolute Gasteiger partial charge is 0.133 e. The summed E-state index contributed by atoms with van der Waals surface area (Å²) in [4.78, 5) is 0. The Hall–Kier alpha value is -5.24. The Labute approximate surface area is 274 Å². The van der Waals surface area contributed by atoms with Gasteiger partial charge in [0.25, 0.3) is 0 Å². The van der Waals surface area contributed by atoms with Crippen LogP contribution in [0.5, 0.6) is 0 Å². The summed E-state index contributed by atoms with van der Waals surface area (Å²) in [7, 11) is -1.91. The molecule has 0 nitrogen and oxygen atoms in total. The van der Waals surface area contributed by atoms with Crippen molar-refractivity contribution in [3.63, 3.8) is 0 Å². The van der Waals surface area contributed by atoms with Crippen LogP contribution in [0.15, 0.2) is 194 Å². The van der Waals surface area contributed by atoms with E-state index >= 15 is 0 Å². The Balaban J connectivity index is 1.52. The van der Waals surface area contributed by atoms with Crippen LogP contribution in [0.4, 0.5) is 0 Å². The zero-order chi connectivity index (χ0) is 30.8. The van der Waals surface area contributed by atoms with Crippen molar-refractivity contribution in [3.8, 4) is 0 Å². The van der Waals surface area contributed by atoms with Crippen LogP contribution >= 0.6 is 0 Å². The highest BCUT2D eigenvalue weighted by atomic mass is 28.3. The molecule has 6 aromatic carbocycles. The molecule has 6 aromatic rings. The van der Waals surface area contributed by atoms with Crippen LogP contribution in [-0.4, -0.2) is 8.80 Å². The van der Waals surface area contributed by atoms with E-state index in [9.17, 15) is 0 Å². The number of fused-ring (bicyclic) bond motifs is 1. The topological polar surface area (TPSA) is 0 Å². The van der Waals surface area contributed by atoms with Crippen molar-refractivity contribution in [2.45, 2.75) is 17.8 Å². The van der Waals surface area contributed by atoms with Crippen LogP contribution in [0.3, 0.4) is 0 Å². The summed E-state index contributed by atoms with van der Waals surface area (Å²) in [5, 5.41) is 4.37. The second-order valence-corrected chi connectivity index (χ2v) is 15.2. The van der Waals surface area contributed by atoms with E-state index in [1.54, 1.807) is 0 Å². The average Bonchev–Trinajstić information content (AvgIpc) is 3.82. The molecule has 2 aliphatic rings. The van der Waals surface area contributed by atoms with E-state index in [1.807, 2.05) is 0 Å². The number of benzene rings is 6. The average molecular weight is 605 g/mol. The maximum Gasteiger partial charge on any atom is 0.133 e. The summed E-state index contributed by atoms with van der Waals surface area (Å²) in [6.07, 6.45) is 12.6. The van der Waals surface area contributed by atoms with Crippen molar-refractivity contribution in [1.29, 1.82) is 0 Å². The van der Waals surface area contributed by atoms with E-state index in [1.165, 1.54) is 54.5 Å². The lowest BCUT2D eigenvalue weighted by molar-refractivity contribution is 0.699. The third-order valence-electron chi connectivity index (χ3n) is 9.90. The Kier molecular flexibility index (Phi) is 7.54. The van der Waals surface area contributed by atoms with Gasteiger partial charge >= 0.3 is 0 Å². The molecule has 1 heteroatoms. The normalized spacial score (nSPS) is 15.2. The predicted octanol–water partition coefficient (Wildman–Crippen LogP) is 8.31. The molecule has 46 heavy (non-hydrogen) atoms. The molecule has 1 atom stereocenters. The first-order chi connectivity index (χ1) is 22.9. The molecule has 1 unspecified atom stereocenters. The summed E-state index contributed by atoms with van der Waals surface area (Å²) in [6.45, 7) is 0. The van der Waals surface area contributed by atoms with Gasteiger partial charge in [0.15, 0.2) is 0 Å². The second kappa shape index (κ2) is 12.3. The van der Waals surface area contributed by atoms with Gasteiger partial charge in [0.1, 0.15) is 8.80 Å². The van der Waals surface area contributed by atoms with E-state index in [0.29, 0.717) is 0 Å². The van der Waals surface area contributed by atoms with E-state index in [0.717, 1.165) is 6.42 Å². The number of hydrogen-bond donors (Lipinski definition) is 0. The van der Waals surface area contributed by atoms with Crippen LogP contribution in [0.25, 0.3) is 6.08 Å². The van der Waals surface area contributed by atoms with Gasteiger partial charge in [-0.15, -0.1) is 0 Å². The van der Waals surface area contributed by atoms with Gasteiger partial charge in [-0.1, -0.05) is 205 Å². The fourth-order valence-electron chi connectivity index (χ4n) is 7.98. The molecule has 0 aliphatic heterocycles. The van der Waals surface area contributed by atoms with Gasteiger partial charge in [-0.05, 0) is 50.6 Å². The highest BCUT2D eigenvalue weighted by molar-refractivity contribution is 6.95. The van der Waals surface area contributed by atoms with E-state index in [-0.39, 0.29) is 5.92 Å². The molecule has 0 spiro atoms. The minimum atomic E-state index is -1.91. The zero-order valence-electron chi connectivity index (χ0n) is 25.8. The number of allylic oxidation sites excluding steroid dienone is 5. The lowest BCUT2D eigenvalue weighted by Crippen LogP contribution is -2.54. The molecule has 8 rings (SSSR count). The standard InChI is InChI=1S/C45H36Si/c1-5-19-35(20-6-1)45(37-23-14-15-24-37,36-21-7-2-8-22-36)42-30-17-31-43(44(42)41-33-32-34-18-13-16-29-40(34)41)46(38-25-9-3-10-26-38)39-27-11-4-12-28-39/h1-23,25-33,41,46H,24H2. The van der Waals surface area contributed by atoms with E-state index in [2.05, 4.69) is 194 Å². The van der Waals surface area contributed by atoms with Gasteiger partial charge in [0.05, 0.1) is 5.41 Å². The maximum atomic E-state index is 2.45. The van der Waals surface area contributed by atoms with Crippen molar-refractivity contribution in [1.82, 2.24) is 0 Å². The summed E-state index contributed by atoms with van der Waals surface area (Å²) in [5.41, 5.74) is 9.11. The Bertz CT molecular complexity index is 1980. The second-order valence-electron chi connectivity index (χ2n) is 12.3. The Morgan fingerprint density at radius 1 is 0.543 bits per heavy atom. The maximum absolute atomic E-state index is 2.45. The molecule has 0 bridgehead atoms. The van der Waals surface area contributed by atoms with Gasteiger partial charge in [0.2, 0.25) is 0 Å². The van der Waals surface area contributed by atoms with Crippen molar-refractivity contribution < 1.29 is 0 Å². The first-order valence-corrected chi connectivity index (χ1v) is 18.1. The van der Waals surface area contributed by atoms with Crippen LogP contribution < -0.4 is 15.6 Å². The minimum absolute atomic E-state index is 0.145. The van der Waals surface area contributed by atoms with Crippen molar-refractivity contribution in [2.75, 3.05) is 0 Å². The van der Waals surface area contributed by atoms with Gasteiger partial charge in [0, 0.05) is 5.92 Å². The summed E-state index contributed by atoms with van der Waals surface area (Å²) in [6, 6.07) is 61.2. The van der Waals surface area contributed by atoms with Crippen molar-refractivity contribution in [3.05, 3.63) is 227 Å². The Morgan fingerprint density at radius 2 is 1.11 bits per heavy atom. The molecule has 0 aromatic heterocycles. The van der Waals surface area contributed by atoms with Crippen LogP contribution in [0, 0.1) is 0 Å². The van der Waals surface area contributed by atoms with Gasteiger partial charge in [-0.2, -0.15) is 0 Å². The zero-order valence-corrected chi connectivity index (χ0v) is 27.0. The minimum Gasteiger partial charge on any atom is -0.0804 e. The van der Waals surface area contributed by atoms with E-state index in [4.69, 9.17) is 0 Å². The van der Waals surface area contributed by atoms with Gasteiger partial charge < -0.3 is 0 Å².